The number of halogens is 1. The molecule has 0 bridgehead atoms. The van der Waals surface area contributed by atoms with E-state index in [9.17, 15) is 13.2 Å². The standard InChI is InChI=1S/C14H18ClNO4S/c1-9-6-12(21(15,18)19)7-10(2)13(9)16-14(17)11-4-3-5-20-8-11/h6-7,11H,3-5,8H2,1-2H3,(H,16,17). The van der Waals surface area contributed by atoms with E-state index in [0.29, 0.717) is 30.0 Å². The lowest BCUT2D eigenvalue weighted by molar-refractivity contribution is -0.123. The largest absolute Gasteiger partial charge is 0.381 e. The van der Waals surface area contributed by atoms with E-state index < -0.39 is 9.05 Å². The molecule has 0 saturated carbocycles. The summed E-state index contributed by atoms with van der Waals surface area (Å²) < 4.78 is 28.1. The van der Waals surface area contributed by atoms with E-state index in [4.69, 9.17) is 15.4 Å². The fraction of sp³-hybridized carbons (Fsp3) is 0.500. The van der Waals surface area contributed by atoms with Gasteiger partial charge in [-0.3, -0.25) is 4.79 Å². The van der Waals surface area contributed by atoms with Crippen LogP contribution in [0.15, 0.2) is 17.0 Å². The van der Waals surface area contributed by atoms with Gasteiger partial charge in [-0.25, -0.2) is 8.42 Å². The van der Waals surface area contributed by atoms with Crippen LogP contribution in [-0.2, 0) is 18.6 Å². The minimum atomic E-state index is -3.77. The van der Waals surface area contributed by atoms with Gasteiger partial charge in [0, 0.05) is 23.0 Å². The third-order valence-corrected chi connectivity index (χ3v) is 4.90. The number of rotatable bonds is 3. The summed E-state index contributed by atoms with van der Waals surface area (Å²) in [5, 5.41) is 2.87. The molecule has 1 amide bonds. The molecule has 1 atom stereocenters. The number of carbonyl (C=O) groups is 1. The first-order valence-corrected chi connectivity index (χ1v) is 9.04. The molecule has 116 valence electrons. The molecule has 1 saturated heterocycles. The third-order valence-electron chi connectivity index (χ3n) is 3.57. The van der Waals surface area contributed by atoms with Gasteiger partial charge in [0.05, 0.1) is 17.4 Å². The molecule has 1 fully saturated rings. The molecule has 7 heteroatoms. The number of benzene rings is 1. The maximum absolute atomic E-state index is 12.2. The highest BCUT2D eigenvalue weighted by molar-refractivity contribution is 8.13. The minimum Gasteiger partial charge on any atom is -0.381 e. The average molecular weight is 332 g/mol. The summed E-state index contributed by atoms with van der Waals surface area (Å²) in [6.07, 6.45) is 1.68. The zero-order valence-corrected chi connectivity index (χ0v) is 13.6. The Kier molecular flexibility index (Phi) is 4.91. The quantitative estimate of drug-likeness (QED) is 0.864. The summed E-state index contributed by atoms with van der Waals surface area (Å²) in [4.78, 5) is 12.3. The van der Waals surface area contributed by atoms with Crippen molar-refractivity contribution in [1.29, 1.82) is 0 Å². The van der Waals surface area contributed by atoms with Crippen molar-refractivity contribution in [3.05, 3.63) is 23.3 Å². The molecule has 0 spiro atoms. The van der Waals surface area contributed by atoms with E-state index in [1.165, 1.54) is 12.1 Å². The number of ether oxygens (including phenoxy) is 1. The van der Waals surface area contributed by atoms with Crippen molar-refractivity contribution in [3.63, 3.8) is 0 Å². The lowest BCUT2D eigenvalue weighted by Crippen LogP contribution is -2.30. The van der Waals surface area contributed by atoms with Crippen LogP contribution in [0.3, 0.4) is 0 Å². The van der Waals surface area contributed by atoms with Crippen molar-refractivity contribution in [1.82, 2.24) is 0 Å². The zero-order valence-electron chi connectivity index (χ0n) is 12.0. The number of aryl methyl sites for hydroxylation is 2. The lowest BCUT2D eigenvalue weighted by atomic mass is 10.0. The number of carbonyl (C=O) groups excluding carboxylic acids is 1. The maximum atomic E-state index is 12.2. The van der Waals surface area contributed by atoms with Crippen LogP contribution in [0.25, 0.3) is 0 Å². The normalized spacial score (nSPS) is 19.3. The second-order valence-electron chi connectivity index (χ2n) is 5.27. The third kappa shape index (κ3) is 3.96. The second kappa shape index (κ2) is 6.34. The highest BCUT2D eigenvalue weighted by Gasteiger charge is 2.23. The topological polar surface area (TPSA) is 72.5 Å². The van der Waals surface area contributed by atoms with Gasteiger partial charge in [0.15, 0.2) is 0 Å². The van der Waals surface area contributed by atoms with Crippen LogP contribution in [0.4, 0.5) is 5.69 Å². The summed E-state index contributed by atoms with van der Waals surface area (Å²) in [7, 11) is 1.58. The molecule has 21 heavy (non-hydrogen) atoms. The van der Waals surface area contributed by atoms with Gasteiger partial charge >= 0.3 is 0 Å². The monoisotopic (exact) mass is 331 g/mol. The van der Waals surface area contributed by atoms with E-state index in [0.717, 1.165) is 12.8 Å². The molecule has 1 N–H and O–H groups in total. The van der Waals surface area contributed by atoms with Crippen LogP contribution in [-0.4, -0.2) is 27.5 Å². The Labute approximate surface area is 129 Å². The molecule has 1 aromatic rings. The number of anilines is 1. The summed E-state index contributed by atoms with van der Waals surface area (Å²) in [6.45, 7) is 4.61. The van der Waals surface area contributed by atoms with Crippen LogP contribution >= 0.6 is 10.7 Å². The predicted octanol–water partition coefficient (Wildman–Crippen LogP) is 2.60. The van der Waals surface area contributed by atoms with E-state index in [-0.39, 0.29) is 16.7 Å². The molecule has 1 heterocycles. The van der Waals surface area contributed by atoms with Gasteiger partial charge in [-0.15, -0.1) is 0 Å². The molecule has 1 aromatic carbocycles. The average Bonchev–Trinajstić information content (AvgIpc) is 2.42. The van der Waals surface area contributed by atoms with Crippen molar-refractivity contribution in [2.24, 2.45) is 5.92 Å². The molecular weight excluding hydrogens is 314 g/mol. The molecular formula is C14H18ClNO4S. The first kappa shape index (κ1) is 16.3. The first-order valence-electron chi connectivity index (χ1n) is 6.73. The molecule has 0 radical (unpaired) electrons. The van der Waals surface area contributed by atoms with Crippen molar-refractivity contribution in [3.8, 4) is 0 Å². The number of amides is 1. The number of hydrogen-bond donors (Lipinski definition) is 1. The summed E-state index contributed by atoms with van der Waals surface area (Å²) in [6, 6.07) is 2.92. The molecule has 1 aliphatic heterocycles. The number of hydrogen-bond acceptors (Lipinski definition) is 4. The summed E-state index contributed by atoms with van der Waals surface area (Å²) >= 11 is 0. The van der Waals surface area contributed by atoms with Gasteiger partial charge in [-0.05, 0) is 49.9 Å². The van der Waals surface area contributed by atoms with Crippen LogP contribution < -0.4 is 5.32 Å². The van der Waals surface area contributed by atoms with Crippen LogP contribution in [0, 0.1) is 19.8 Å². The van der Waals surface area contributed by atoms with Gasteiger partial charge in [0.2, 0.25) is 5.91 Å². The Morgan fingerprint density at radius 1 is 1.33 bits per heavy atom. The lowest BCUT2D eigenvalue weighted by Gasteiger charge is -2.22. The Bertz CT molecular complexity index is 628. The van der Waals surface area contributed by atoms with E-state index >= 15 is 0 Å². The van der Waals surface area contributed by atoms with Crippen LogP contribution in [0.2, 0.25) is 0 Å². The van der Waals surface area contributed by atoms with Crippen molar-refractivity contribution < 1.29 is 17.9 Å². The molecule has 5 nitrogen and oxygen atoms in total. The molecule has 2 rings (SSSR count). The molecule has 0 aromatic heterocycles. The van der Waals surface area contributed by atoms with Gasteiger partial charge in [-0.2, -0.15) is 0 Å². The zero-order chi connectivity index (χ0) is 15.6. The Hall–Kier alpha value is -1.11. The first-order chi connectivity index (χ1) is 9.79. The van der Waals surface area contributed by atoms with Gasteiger partial charge in [-0.1, -0.05) is 0 Å². The van der Waals surface area contributed by atoms with Crippen molar-refractivity contribution >= 4 is 31.3 Å². The Morgan fingerprint density at radius 3 is 2.43 bits per heavy atom. The van der Waals surface area contributed by atoms with Gasteiger partial charge in [0.1, 0.15) is 0 Å². The Morgan fingerprint density at radius 2 is 1.95 bits per heavy atom. The second-order valence-corrected chi connectivity index (χ2v) is 7.84. The van der Waals surface area contributed by atoms with Crippen molar-refractivity contribution in [2.45, 2.75) is 31.6 Å². The van der Waals surface area contributed by atoms with E-state index in [1.807, 2.05) is 0 Å². The van der Waals surface area contributed by atoms with Crippen LogP contribution in [0.1, 0.15) is 24.0 Å². The minimum absolute atomic E-state index is 0.0400. The summed E-state index contributed by atoms with van der Waals surface area (Å²) in [5.41, 5.74) is 1.97. The highest BCUT2D eigenvalue weighted by Crippen LogP contribution is 2.27. The van der Waals surface area contributed by atoms with E-state index in [2.05, 4.69) is 5.32 Å². The van der Waals surface area contributed by atoms with E-state index in [1.54, 1.807) is 13.8 Å². The Balaban J connectivity index is 2.22. The SMILES string of the molecule is Cc1cc(S(=O)(=O)Cl)cc(C)c1NC(=O)C1CCCOC1. The van der Waals surface area contributed by atoms with Crippen molar-refractivity contribution in [2.75, 3.05) is 18.5 Å². The summed E-state index contributed by atoms with van der Waals surface area (Å²) in [5.74, 6) is -0.253. The maximum Gasteiger partial charge on any atom is 0.261 e. The highest BCUT2D eigenvalue weighted by atomic mass is 35.7. The number of nitrogens with one attached hydrogen (secondary N) is 1. The molecule has 0 aliphatic carbocycles. The van der Waals surface area contributed by atoms with Crippen LogP contribution in [0.5, 0.6) is 0 Å². The predicted molar refractivity (Wildman–Crippen MR) is 81.1 cm³/mol. The fourth-order valence-electron chi connectivity index (χ4n) is 2.43. The van der Waals surface area contributed by atoms with Gasteiger partial charge in [0.25, 0.3) is 9.05 Å². The smallest absolute Gasteiger partial charge is 0.261 e. The molecule has 1 aliphatic rings. The molecule has 1 unspecified atom stereocenters. The van der Waals surface area contributed by atoms with Gasteiger partial charge < -0.3 is 10.1 Å². The fourth-order valence-corrected chi connectivity index (χ4v) is 3.34.